The summed E-state index contributed by atoms with van der Waals surface area (Å²) >= 11 is 6.24. The normalized spacial score (nSPS) is 27.4. The molecule has 5 rings (SSSR count). The number of hydrogen-bond donors (Lipinski definition) is 4. The molecule has 3 heterocycles. The molecule has 2 fully saturated rings. The number of fused-ring (bicyclic) bond motifs is 1. The largest absolute Gasteiger partial charge is 0.390 e. The molecule has 3 aromatic rings. The molecule has 0 bridgehead atoms. The van der Waals surface area contributed by atoms with E-state index >= 15 is 0 Å². The van der Waals surface area contributed by atoms with Crippen molar-refractivity contribution in [2.45, 2.75) is 49.7 Å². The first-order chi connectivity index (χ1) is 15.8. The fourth-order valence-electron chi connectivity index (χ4n) is 4.63. The topological polar surface area (TPSA) is 127 Å². The summed E-state index contributed by atoms with van der Waals surface area (Å²) in [6.45, 7) is -0.194. The van der Waals surface area contributed by atoms with Crippen LogP contribution in [0.15, 0.2) is 24.5 Å². The lowest BCUT2D eigenvalue weighted by molar-refractivity contribution is 0.0392. The highest BCUT2D eigenvalue weighted by atomic mass is 35.5. The summed E-state index contributed by atoms with van der Waals surface area (Å²) in [4.78, 5) is 23.1. The molecule has 174 valence electrons. The van der Waals surface area contributed by atoms with Crippen molar-refractivity contribution < 1.29 is 23.8 Å². The van der Waals surface area contributed by atoms with Gasteiger partial charge >= 0.3 is 0 Å². The van der Waals surface area contributed by atoms with Gasteiger partial charge in [0.15, 0.2) is 5.65 Å². The molecule has 0 radical (unpaired) electrons. The van der Waals surface area contributed by atoms with Gasteiger partial charge < -0.3 is 20.4 Å². The molecule has 1 aromatic carbocycles. The van der Waals surface area contributed by atoms with Crippen LogP contribution in [0.25, 0.3) is 11.0 Å². The number of aliphatic hydroxyl groups is 2. The predicted octanol–water partition coefficient (Wildman–Crippen LogP) is 2.37. The van der Waals surface area contributed by atoms with Crippen molar-refractivity contribution in [2.75, 3.05) is 11.9 Å². The molecular weight excluding hydrogens is 458 g/mol. The van der Waals surface area contributed by atoms with Gasteiger partial charge in [-0.3, -0.25) is 9.89 Å². The second kappa shape index (κ2) is 8.47. The van der Waals surface area contributed by atoms with E-state index in [-0.39, 0.29) is 40.5 Å². The quantitative estimate of drug-likeness (QED) is 0.453. The first kappa shape index (κ1) is 21.9. The summed E-state index contributed by atoms with van der Waals surface area (Å²) in [5.41, 5.74) is 0.569. The summed E-state index contributed by atoms with van der Waals surface area (Å²) in [6.07, 6.45) is -0.984. The van der Waals surface area contributed by atoms with E-state index < -0.39 is 42.2 Å². The van der Waals surface area contributed by atoms with E-state index in [4.69, 9.17) is 11.6 Å². The SMILES string of the molecule is O=C(c1[nH]nc2ncnc(N[C@@H]3CC[C@@H](O)[C@H]3O)c12)N1C[C@@H](F)C[C@@H]1c1cc(F)ccc1Cl. The predicted molar refractivity (Wildman–Crippen MR) is 115 cm³/mol. The van der Waals surface area contributed by atoms with Crippen LogP contribution in [0.1, 0.15) is 41.4 Å². The molecule has 2 aromatic heterocycles. The van der Waals surface area contributed by atoms with Gasteiger partial charge in [-0.05, 0) is 36.6 Å². The fraction of sp³-hybridized carbons (Fsp3) is 0.429. The van der Waals surface area contributed by atoms with E-state index in [1.165, 1.54) is 29.4 Å². The number of aromatic nitrogens is 4. The first-order valence-corrected chi connectivity index (χ1v) is 10.9. The van der Waals surface area contributed by atoms with Crippen LogP contribution in [0.3, 0.4) is 0 Å². The van der Waals surface area contributed by atoms with Gasteiger partial charge in [0.05, 0.1) is 36.2 Å². The smallest absolute Gasteiger partial charge is 0.273 e. The van der Waals surface area contributed by atoms with Gasteiger partial charge in [-0.25, -0.2) is 18.7 Å². The lowest BCUT2D eigenvalue weighted by Gasteiger charge is -2.25. The number of nitrogens with zero attached hydrogens (tertiary/aromatic N) is 4. The Morgan fingerprint density at radius 3 is 2.85 bits per heavy atom. The highest BCUT2D eigenvalue weighted by Crippen LogP contribution is 2.39. The maximum Gasteiger partial charge on any atom is 0.273 e. The van der Waals surface area contributed by atoms with Crippen LogP contribution in [0.4, 0.5) is 14.6 Å². The van der Waals surface area contributed by atoms with Crippen molar-refractivity contribution in [3.8, 4) is 0 Å². The molecule has 33 heavy (non-hydrogen) atoms. The van der Waals surface area contributed by atoms with Crippen molar-refractivity contribution in [1.29, 1.82) is 0 Å². The molecule has 0 spiro atoms. The number of aromatic amines is 1. The average molecular weight is 479 g/mol. The number of benzene rings is 1. The van der Waals surface area contributed by atoms with Crippen LogP contribution in [-0.2, 0) is 0 Å². The van der Waals surface area contributed by atoms with Crippen LogP contribution in [0.2, 0.25) is 5.02 Å². The Morgan fingerprint density at radius 1 is 1.27 bits per heavy atom. The fourth-order valence-corrected chi connectivity index (χ4v) is 4.87. The van der Waals surface area contributed by atoms with Crippen LogP contribution >= 0.6 is 11.6 Å². The van der Waals surface area contributed by atoms with E-state index in [1.54, 1.807) is 0 Å². The standard InChI is InChI=1S/C21H21ClF2N6O3/c22-12-2-1-9(23)5-11(12)14-6-10(24)7-30(14)21(33)17-16-19(25-8-26-20(16)29-28-17)27-13-3-4-15(31)18(13)32/h1-2,5,8,10,13-15,18,31-32H,3-4,6-7H2,(H2,25,26,27,28,29)/t10-,13+,14+,15+,18-/m0/s1. The lowest BCUT2D eigenvalue weighted by Crippen LogP contribution is -2.35. The third-order valence-electron chi connectivity index (χ3n) is 6.29. The number of H-pyrrole nitrogens is 1. The zero-order valence-corrected chi connectivity index (χ0v) is 18.0. The number of halogens is 3. The second-order valence-corrected chi connectivity index (χ2v) is 8.78. The van der Waals surface area contributed by atoms with Crippen molar-refractivity contribution in [3.63, 3.8) is 0 Å². The molecular formula is C21H21ClF2N6O3. The molecule has 1 aliphatic heterocycles. The number of amides is 1. The highest BCUT2D eigenvalue weighted by Gasteiger charge is 2.40. The van der Waals surface area contributed by atoms with Crippen LogP contribution in [0, 0.1) is 5.82 Å². The van der Waals surface area contributed by atoms with Gasteiger partial charge in [-0.1, -0.05) is 11.6 Å². The highest BCUT2D eigenvalue weighted by molar-refractivity contribution is 6.31. The van der Waals surface area contributed by atoms with Gasteiger partial charge in [0.2, 0.25) is 0 Å². The third kappa shape index (κ3) is 3.90. The van der Waals surface area contributed by atoms with Gasteiger partial charge in [-0.2, -0.15) is 5.10 Å². The number of alkyl halides is 1. The Labute approximate surface area is 191 Å². The average Bonchev–Trinajstić information content (AvgIpc) is 3.49. The number of hydrogen-bond acceptors (Lipinski definition) is 7. The minimum atomic E-state index is -1.31. The second-order valence-electron chi connectivity index (χ2n) is 8.38. The van der Waals surface area contributed by atoms with Crippen LogP contribution in [-0.4, -0.2) is 72.2 Å². The zero-order chi connectivity index (χ0) is 23.3. The Kier molecular flexibility index (Phi) is 5.63. The van der Waals surface area contributed by atoms with Crippen LogP contribution in [0.5, 0.6) is 0 Å². The molecule has 1 saturated carbocycles. The zero-order valence-electron chi connectivity index (χ0n) is 17.3. The number of likely N-dealkylation sites (tertiary alicyclic amines) is 1. The molecule has 0 unspecified atom stereocenters. The lowest BCUT2D eigenvalue weighted by atomic mass is 10.0. The Hall–Kier alpha value is -2.89. The number of nitrogens with one attached hydrogen (secondary N) is 2. The summed E-state index contributed by atoms with van der Waals surface area (Å²) in [7, 11) is 0. The van der Waals surface area contributed by atoms with E-state index in [1.807, 2.05) is 0 Å². The molecule has 1 aliphatic carbocycles. The number of carbonyl (C=O) groups excluding carboxylic acids is 1. The van der Waals surface area contributed by atoms with Crippen molar-refractivity contribution in [1.82, 2.24) is 25.1 Å². The maximum atomic E-state index is 14.4. The number of carbonyl (C=O) groups is 1. The van der Waals surface area contributed by atoms with Crippen molar-refractivity contribution >= 4 is 34.4 Å². The molecule has 4 N–H and O–H groups in total. The summed E-state index contributed by atoms with van der Waals surface area (Å²) in [6, 6.07) is 2.55. The molecule has 9 nitrogen and oxygen atoms in total. The summed E-state index contributed by atoms with van der Waals surface area (Å²) in [5.74, 6) is -0.840. The van der Waals surface area contributed by atoms with Gasteiger partial charge in [-0.15, -0.1) is 0 Å². The molecule has 12 heteroatoms. The molecule has 5 atom stereocenters. The molecule has 2 aliphatic rings. The van der Waals surface area contributed by atoms with Gasteiger partial charge in [0.25, 0.3) is 5.91 Å². The number of anilines is 1. The van der Waals surface area contributed by atoms with E-state index in [2.05, 4.69) is 25.5 Å². The summed E-state index contributed by atoms with van der Waals surface area (Å²) in [5, 5.41) is 30.3. The van der Waals surface area contributed by atoms with E-state index in [9.17, 15) is 23.8 Å². The maximum absolute atomic E-state index is 14.4. The number of aliphatic hydroxyl groups excluding tert-OH is 2. The van der Waals surface area contributed by atoms with Crippen molar-refractivity contribution in [3.05, 3.63) is 46.6 Å². The third-order valence-corrected chi connectivity index (χ3v) is 6.64. The van der Waals surface area contributed by atoms with Crippen LogP contribution < -0.4 is 5.32 Å². The minimum Gasteiger partial charge on any atom is -0.390 e. The molecule has 1 saturated heterocycles. The first-order valence-electron chi connectivity index (χ1n) is 10.5. The van der Waals surface area contributed by atoms with Crippen molar-refractivity contribution in [2.24, 2.45) is 0 Å². The number of rotatable bonds is 4. The molecule has 1 amide bonds. The summed E-state index contributed by atoms with van der Waals surface area (Å²) < 4.78 is 28.3. The Morgan fingerprint density at radius 2 is 2.09 bits per heavy atom. The Bertz CT molecular complexity index is 1210. The Balaban J connectivity index is 1.51. The van der Waals surface area contributed by atoms with E-state index in [0.717, 1.165) is 0 Å². The van der Waals surface area contributed by atoms with Gasteiger partial charge in [0.1, 0.15) is 29.8 Å². The monoisotopic (exact) mass is 478 g/mol. The van der Waals surface area contributed by atoms with E-state index in [0.29, 0.717) is 18.4 Å². The van der Waals surface area contributed by atoms with Gasteiger partial charge in [0, 0.05) is 11.4 Å². The minimum absolute atomic E-state index is 0.0191.